The van der Waals surface area contributed by atoms with Crippen LogP contribution in [-0.2, 0) is 5.41 Å². The summed E-state index contributed by atoms with van der Waals surface area (Å²) in [5, 5.41) is 10.5. The molecule has 0 spiro atoms. The van der Waals surface area contributed by atoms with E-state index in [0.717, 1.165) is 18.6 Å². The molecule has 2 nitrogen and oxygen atoms in total. The standard InChI is InChI=1S/C23H35ClO2/c1-5-6-7-8-9-13-19-20(22(25)15-21(19)24)16-26-18-12-10-11-17(14-18)23(2,3)4/h8-12,14,19-22,25H,5-7,13,15-16H2,1-4H3/b9-8-/t19-,20?,21?,22-/m1/s1. The molecule has 4 atom stereocenters. The molecule has 0 bridgehead atoms. The van der Waals surface area contributed by atoms with Crippen molar-refractivity contribution >= 4 is 11.6 Å². The summed E-state index contributed by atoms with van der Waals surface area (Å²) < 4.78 is 6.08. The topological polar surface area (TPSA) is 29.5 Å². The first-order chi connectivity index (χ1) is 12.3. The van der Waals surface area contributed by atoms with Gasteiger partial charge in [-0.05, 0) is 48.3 Å². The van der Waals surface area contributed by atoms with Gasteiger partial charge in [0, 0.05) is 11.3 Å². The zero-order chi connectivity index (χ0) is 19.2. The Morgan fingerprint density at radius 2 is 2.00 bits per heavy atom. The lowest BCUT2D eigenvalue weighted by molar-refractivity contribution is 0.0807. The van der Waals surface area contributed by atoms with Crippen LogP contribution < -0.4 is 4.74 Å². The van der Waals surface area contributed by atoms with Crippen LogP contribution in [0, 0.1) is 11.8 Å². The van der Waals surface area contributed by atoms with Gasteiger partial charge in [0.2, 0.25) is 0 Å². The third-order valence-electron chi connectivity index (χ3n) is 5.42. The van der Waals surface area contributed by atoms with Gasteiger partial charge in [0.1, 0.15) is 5.75 Å². The zero-order valence-corrected chi connectivity index (χ0v) is 17.5. The van der Waals surface area contributed by atoms with Crippen LogP contribution >= 0.6 is 11.6 Å². The summed E-state index contributed by atoms with van der Waals surface area (Å²) in [6.07, 6.45) is 9.26. The number of allylic oxidation sites excluding steroid dienone is 2. The van der Waals surface area contributed by atoms with Gasteiger partial charge in [0.25, 0.3) is 0 Å². The summed E-state index contributed by atoms with van der Waals surface area (Å²) in [4.78, 5) is 0. The van der Waals surface area contributed by atoms with E-state index in [9.17, 15) is 5.11 Å². The molecule has 3 heteroatoms. The van der Waals surface area contributed by atoms with Gasteiger partial charge < -0.3 is 9.84 Å². The summed E-state index contributed by atoms with van der Waals surface area (Å²) in [5.41, 5.74) is 1.35. The molecule has 0 saturated heterocycles. The Balaban J connectivity index is 1.96. The van der Waals surface area contributed by atoms with Crippen molar-refractivity contribution in [1.29, 1.82) is 0 Å². The number of halogens is 1. The second kappa shape index (κ2) is 9.80. The lowest BCUT2D eigenvalue weighted by Gasteiger charge is -2.24. The molecule has 146 valence electrons. The molecule has 0 aliphatic heterocycles. The normalized spacial score (nSPS) is 26.5. The number of aliphatic hydroxyl groups is 1. The van der Waals surface area contributed by atoms with E-state index in [0.29, 0.717) is 13.0 Å². The van der Waals surface area contributed by atoms with E-state index in [-0.39, 0.29) is 28.7 Å². The van der Waals surface area contributed by atoms with Crippen molar-refractivity contribution in [2.75, 3.05) is 6.61 Å². The van der Waals surface area contributed by atoms with Gasteiger partial charge >= 0.3 is 0 Å². The lowest BCUT2D eigenvalue weighted by atomic mass is 9.87. The molecular formula is C23H35ClO2. The Morgan fingerprint density at radius 1 is 1.23 bits per heavy atom. The van der Waals surface area contributed by atoms with Crippen molar-refractivity contribution in [3.05, 3.63) is 42.0 Å². The lowest BCUT2D eigenvalue weighted by Crippen LogP contribution is -2.27. The zero-order valence-electron chi connectivity index (χ0n) is 16.7. The summed E-state index contributed by atoms with van der Waals surface area (Å²) in [6.45, 7) is 9.33. The first-order valence-corrected chi connectivity index (χ1v) is 10.5. The van der Waals surface area contributed by atoms with Gasteiger partial charge in [-0.25, -0.2) is 0 Å². The fourth-order valence-corrected chi connectivity index (χ4v) is 4.10. The van der Waals surface area contributed by atoms with Crippen molar-refractivity contribution in [3.8, 4) is 5.75 Å². The third kappa shape index (κ3) is 6.03. The van der Waals surface area contributed by atoms with E-state index >= 15 is 0 Å². The third-order valence-corrected chi connectivity index (χ3v) is 5.92. The molecular weight excluding hydrogens is 344 g/mol. The fourth-order valence-electron chi connectivity index (χ4n) is 3.63. The molecule has 2 rings (SSSR count). The summed E-state index contributed by atoms with van der Waals surface area (Å²) >= 11 is 6.53. The first-order valence-electron chi connectivity index (χ1n) is 10.0. The second-order valence-electron chi connectivity index (χ2n) is 8.58. The number of unbranched alkanes of at least 4 members (excludes halogenated alkanes) is 2. The number of rotatable bonds is 8. The minimum atomic E-state index is -0.377. The predicted octanol–water partition coefficient (Wildman–Crippen LogP) is 6.10. The van der Waals surface area contributed by atoms with Crippen LogP contribution in [0.15, 0.2) is 36.4 Å². The Bertz CT molecular complexity index is 576. The van der Waals surface area contributed by atoms with Crippen LogP contribution in [0.2, 0.25) is 0 Å². The Labute approximate surface area is 164 Å². The van der Waals surface area contributed by atoms with E-state index in [4.69, 9.17) is 16.3 Å². The van der Waals surface area contributed by atoms with Crippen molar-refractivity contribution in [2.24, 2.45) is 11.8 Å². The van der Waals surface area contributed by atoms with Gasteiger partial charge in [0.15, 0.2) is 0 Å². The van der Waals surface area contributed by atoms with Gasteiger partial charge in [-0.15, -0.1) is 11.6 Å². The van der Waals surface area contributed by atoms with Crippen LogP contribution in [0.5, 0.6) is 5.75 Å². The molecule has 1 aliphatic carbocycles. The number of hydrogen-bond acceptors (Lipinski definition) is 2. The molecule has 0 heterocycles. The van der Waals surface area contributed by atoms with E-state index in [1.807, 2.05) is 12.1 Å². The molecule has 1 aromatic carbocycles. The largest absolute Gasteiger partial charge is 0.493 e. The van der Waals surface area contributed by atoms with Gasteiger partial charge in [-0.2, -0.15) is 0 Å². The second-order valence-corrected chi connectivity index (χ2v) is 9.15. The summed E-state index contributed by atoms with van der Waals surface area (Å²) in [7, 11) is 0. The quantitative estimate of drug-likeness (QED) is 0.336. The highest BCUT2D eigenvalue weighted by molar-refractivity contribution is 6.21. The molecule has 1 N–H and O–H groups in total. The van der Waals surface area contributed by atoms with Crippen LogP contribution in [0.3, 0.4) is 0 Å². The number of benzene rings is 1. The molecule has 1 fully saturated rings. The first kappa shape index (κ1) is 21.3. The number of alkyl halides is 1. The van der Waals surface area contributed by atoms with E-state index < -0.39 is 0 Å². The van der Waals surface area contributed by atoms with Gasteiger partial charge in [0.05, 0.1) is 12.7 Å². The maximum absolute atomic E-state index is 10.4. The average molecular weight is 379 g/mol. The molecule has 0 amide bonds. The molecule has 26 heavy (non-hydrogen) atoms. The average Bonchev–Trinajstić information content (AvgIpc) is 2.85. The smallest absolute Gasteiger partial charge is 0.119 e. The summed E-state index contributed by atoms with van der Waals surface area (Å²) in [6, 6.07) is 8.28. The number of hydrogen-bond donors (Lipinski definition) is 1. The van der Waals surface area contributed by atoms with Crippen molar-refractivity contribution in [2.45, 2.75) is 76.7 Å². The van der Waals surface area contributed by atoms with Crippen molar-refractivity contribution < 1.29 is 9.84 Å². The van der Waals surface area contributed by atoms with Crippen molar-refractivity contribution in [1.82, 2.24) is 0 Å². The molecule has 0 aromatic heterocycles. The SMILES string of the molecule is CCCC/C=C\C[C@H]1C(Cl)C[C@@H](O)C1COc1cccc(C(C)(C)C)c1. The molecule has 0 radical (unpaired) electrons. The highest BCUT2D eigenvalue weighted by Crippen LogP contribution is 2.39. The predicted molar refractivity (Wildman–Crippen MR) is 111 cm³/mol. The minimum Gasteiger partial charge on any atom is -0.493 e. The minimum absolute atomic E-state index is 0.0235. The molecule has 1 aliphatic rings. The highest BCUT2D eigenvalue weighted by atomic mass is 35.5. The van der Waals surface area contributed by atoms with E-state index in [1.165, 1.54) is 18.4 Å². The van der Waals surface area contributed by atoms with E-state index in [2.05, 4.69) is 52.0 Å². The maximum Gasteiger partial charge on any atom is 0.119 e. The van der Waals surface area contributed by atoms with Gasteiger partial charge in [-0.1, -0.05) is 64.8 Å². The Morgan fingerprint density at radius 3 is 2.69 bits per heavy atom. The van der Waals surface area contributed by atoms with Crippen LogP contribution in [0.25, 0.3) is 0 Å². The van der Waals surface area contributed by atoms with Crippen LogP contribution in [0.4, 0.5) is 0 Å². The molecule has 2 unspecified atom stereocenters. The number of ether oxygens (including phenoxy) is 1. The Kier molecular flexibility index (Phi) is 8.04. The fraction of sp³-hybridized carbons (Fsp3) is 0.652. The molecule has 1 aromatic rings. The van der Waals surface area contributed by atoms with Gasteiger partial charge in [-0.3, -0.25) is 0 Å². The van der Waals surface area contributed by atoms with Crippen LogP contribution in [0.1, 0.15) is 65.4 Å². The van der Waals surface area contributed by atoms with E-state index in [1.54, 1.807) is 0 Å². The highest BCUT2D eigenvalue weighted by Gasteiger charge is 2.41. The monoisotopic (exact) mass is 378 g/mol. The number of aliphatic hydroxyl groups excluding tert-OH is 1. The summed E-state index contributed by atoms with van der Waals surface area (Å²) in [5.74, 6) is 1.24. The Hall–Kier alpha value is -0.990. The molecule has 1 saturated carbocycles. The maximum atomic E-state index is 10.4. The van der Waals surface area contributed by atoms with Crippen molar-refractivity contribution in [3.63, 3.8) is 0 Å². The van der Waals surface area contributed by atoms with Crippen LogP contribution in [-0.4, -0.2) is 23.2 Å².